The highest BCUT2D eigenvalue weighted by atomic mass is 32.2. The first kappa shape index (κ1) is 39.0. The van der Waals surface area contributed by atoms with Crippen molar-refractivity contribution < 1.29 is 9.47 Å². The molecule has 6 heteroatoms. The quantitative estimate of drug-likeness (QED) is 0.119. The molecule has 4 nitrogen and oxygen atoms in total. The molecule has 288 valence electrons. The molecule has 7 rings (SSSR count). The Morgan fingerprint density at radius 2 is 0.852 bits per heavy atom. The second kappa shape index (κ2) is 20.1. The van der Waals surface area contributed by atoms with Gasteiger partial charge in [0.15, 0.2) is 0 Å². The zero-order valence-corrected chi connectivity index (χ0v) is 34.6. The van der Waals surface area contributed by atoms with E-state index in [-0.39, 0.29) is 0 Å². The third-order valence-corrected chi connectivity index (χ3v) is 13.5. The number of hydrogen-bond acceptors (Lipinski definition) is 6. The molecule has 4 aromatic carbocycles. The molecule has 0 radical (unpaired) electrons. The molecule has 0 bridgehead atoms. The van der Waals surface area contributed by atoms with Crippen LogP contribution < -0.4 is 19.3 Å². The van der Waals surface area contributed by atoms with E-state index in [1.54, 1.807) is 0 Å². The van der Waals surface area contributed by atoms with E-state index in [0.717, 1.165) is 61.8 Å². The third kappa shape index (κ3) is 9.59. The fourth-order valence-electron chi connectivity index (χ4n) is 8.23. The number of fused-ring (bicyclic) bond motifs is 7. The second-order valence-corrected chi connectivity index (χ2v) is 17.6. The van der Waals surface area contributed by atoms with Crippen molar-refractivity contribution in [3.63, 3.8) is 0 Å². The highest BCUT2D eigenvalue weighted by Crippen LogP contribution is 2.55. The number of benzene rings is 4. The normalized spacial score (nSPS) is 15.4. The lowest BCUT2D eigenvalue weighted by Crippen LogP contribution is -2.22. The predicted octanol–water partition coefficient (Wildman–Crippen LogP) is 15.4. The molecule has 0 fully saturated rings. The Labute approximate surface area is 334 Å². The maximum atomic E-state index is 6.87. The molecule has 0 spiro atoms. The third-order valence-electron chi connectivity index (χ3n) is 11.3. The van der Waals surface area contributed by atoms with Crippen LogP contribution in [0.4, 0.5) is 22.7 Å². The molecule has 0 saturated carbocycles. The van der Waals surface area contributed by atoms with Crippen LogP contribution in [0.15, 0.2) is 92.4 Å². The minimum atomic E-state index is 0.738. The van der Waals surface area contributed by atoms with E-state index in [2.05, 4.69) is 96.4 Å². The standard InChI is InChI=1S/C48H62N2O2S2/c1-3-5-7-9-13-21-29-49-39-25-17-19-27-45(39)53-47-33-37-38-34-48-42(50(30-22-14-10-8-6-4-2)40-26-18-20-28-46(40)54-48)36-44(38)52-32-24-16-12-11-15-23-31-51-43(37)35-41(47)49/h17-20,25-28,33-36H,3-16,21-24,29-32H2,1-2H3. The molecule has 3 aliphatic heterocycles. The van der Waals surface area contributed by atoms with E-state index in [9.17, 15) is 0 Å². The fraction of sp³-hybridized carbons (Fsp3) is 0.500. The van der Waals surface area contributed by atoms with Gasteiger partial charge in [0.2, 0.25) is 0 Å². The number of ether oxygens (including phenoxy) is 2. The average Bonchev–Trinajstić information content (AvgIpc) is 3.19. The number of hydrogen-bond donors (Lipinski definition) is 0. The minimum absolute atomic E-state index is 0.738. The van der Waals surface area contributed by atoms with Crippen LogP contribution in [-0.2, 0) is 0 Å². The maximum Gasteiger partial charge on any atom is 0.129 e. The molecule has 0 saturated heterocycles. The van der Waals surface area contributed by atoms with E-state index >= 15 is 0 Å². The van der Waals surface area contributed by atoms with Crippen molar-refractivity contribution in [2.45, 2.75) is 149 Å². The van der Waals surface area contributed by atoms with Gasteiger partial charge in [0.05, 0.1) is 36.0 Å². The van der Waals surface area contributed by atoms with Crippen molar-refractivity contribution in [2.24, 2.45) is 0 Å². The van der Waals surface area contributed by atoms with Crippen LogP contribution in [0.5, 0.6) is 11.5 Å². The Balaban J connectivity index is 1.28. The number of unbranched alkanes of at least 4 members (excludes halogenated alkanes) is 10. The first-order chi connectivity index (χ1) is 26.7. The van der Waals surface area contributed by atoms with Crippen LogP contribution in [0, 0.1) is 0 Å². The summed E-state index contributed by atoms with van der Waals surface area (Å²) in [4.78, 5) is 10.4. The summed E-state index contributed by atoms with van der Waals surface area (Å²) < 4.78 is 13.7. The highest BCUT2D eigenvalue weighted by molar-refractivity contribution is 8.00. The zero-order valence-electron chi connectivity index (χ0n) is 33.0. The molecule has 3 aliphatic rings. The van der Waals surface area contributed by atoms with Gasteiger partial charge in [-0.3, -0.25) is 0 Å². The molecular weight excluding hydrogens is 701 g/mol. The molecule has 0 atom stereocenters. The molecule has 0 aliphatic carbocycles. The highest BCUT2D eigenvalue weighted by Gasteiger charge is 2.29. The summed E-state index contributed by atoms with van der Waals surface area (Å²) in [5.41, 5.74) is 7.50. The van der Waals surface area contributed by atoms with Gasteiger partial charge in [0.1, 0.15) is 11.5 Å². The Bertz CT molecular complexity index is 1680. The van der Waals surface area contributed by atoms with E-state index in [1.165, 1.54) is 145 Å². The van der Waals surface area contributed by atoms with Crippen LogP contribution in [0.2, 0.25) is 0 Å². The lowest BCUT2D eigenvalue weighted by atomic mass is 10.0. The van der Waals surface area contributed by atoms with Gasteiger partial charge >= 0.3 is 0 Å². The maximum absolute atomic E-state index is 6.87. The van der Waals surface area contributed by atoms with Crippen LogP contribution in [0.25, 0.3) is 11.1 Å². The van der Waals surface area contributed by atoms with Crippen molar-refractivity contribution >= 4 is 46.3 Å². The summed E-state index contributed by atoms with van der Waals surface area (Å²) in [6.07, 6.45) is 22.6. The zero-order chi connectivity index (χ0) is 37.0. The van der Waals surface area contributed by atoms with Crippen LogP contribution in [0.1, 0.15) is 129 Å². The lowest BCUT2D eigenvalue weighted by molar-refractivity contribution is 0.294. The van der Waals surface area contributed by atoms with Crippen LogP contribution >= 0.6 is 23.5 Å². The van der Waals surface area contributed by atoms with E-state index in [0.29, 0.717) is 0 Å². The molecule has 0 amide bonds. The van der Waals surface area contributed by atoms with Gasteiger partial charge in [-0.05, 0) is 62.1 Å². The SMILES string of the molecule is CCCCCCCCN1c2ccccc2Sc2cc3c(cc21)OCCCCCCCCOc1cc2c(cc1-3)Sc1ccccc1N2CCCCCCCC. The lowest BCUT2D eigenvalue weighted by Gasteiger charge is -2.35. The molecule has 3 heterocycles. The smallest absolute Gasteiger partial charge is 0.129 e. The number of para-hydroxylation sites is 2. The monoisotopic (exact) mass is 762 g/mol. The largest absolute Gasteiger partial charge is 0.493 e. The number of anilines is 4. The summed E-state index contributed by atoms with van der Waals surface area (Å²) in [5, 5.41) is 0. The summed E-state index contributed by atoms with van der Waals surface area (Å²) in [5.74, 6) is 1.96. The first-order valence-corrected chi connectivity index (χ1v) is 23.1. The Morgan fingerprint density at radius 3 is 1.31 bits per heavy atom. The van der Waals surface area contributed by atoms with Crippen LogP contribution in [0.3, 0.4) is 0 Å². The van der Waals surface area contributed by atoms with Gasteiger partial charge in [-0.15, -0.1) is 0 Å². The van der Waals surface area contributed by atoms with Crippen molar-refractivity contribution in [3.05, 3.63) is 72.8 Å². The first-order valence-electron chi connectivity index (χ1n) is 21.5. The van der Waals surface area contributed by atoms with Gasteiger partial charge < -0.3 is 19.3 Å². The van der Waals surface area contributed by atoms with Crippen molar-refractivity contribution in [3.8, 4) is 22.6 Å². The fourth-order valence-corrected chi connectivity index (χ4v) is 10.5. The minimum Gasteiger partial charge on any atom is -0.493 e. The van der Waals surface area contributed by atoms with E-state index < -0.39 is 0 Å². The molecule has 0 unspecified atom stereocenters. The second-order valence-electron chi connectivity index (χ2n) is 15.4. The summed E-state index contributed by atoms with van der Waals surface area (Å²) in [7, 11) is 0. The van der Waals surface area contributed by atoms with Gasteiger partial charge in [-0.1, -0.05) is 152 Å². The molecule has 4 aromatic rings. The molecule has 54 heavy (non-hydrogen) atoms. The summed E-state index contributed by atoms with van der Waals surface area (Å²) in [6.45, 7) is 8.11. The van der Waals surface area contributed by atoms with Gasteiger partial charge in [0.25, 0.3) is 0 Å². The number of nitrogens with zero attached hydrogens (tertiary/aromatic N) is 2. The van der Waals surface area contributed by atoms with E-state index in [4.69, 9.17) is 9.47 Å². The van der Waals surface area contributed by atoms with Crippen molar-refractivity contribution in [2.75, 3.05) is 36.1 Å². The Hall–Kier alpha value is -3.22. The van der Waals surface area contributed by atoms with Crippen LogP contribution in [-0.4, -0.2) is 26.3 Å². The van der Waals surface area contributed by atoms with Gasteiger partial charge in [-0.2, -0.15) is 0 Å². The van der Waals surface area contributed by atoms with E-state index in [1.807, 2.05) is 23.5 Å². The topological polar surface area (TPSA) is 24.9 Å². The average molecular weight is 763 g/mol. The van der Waals surface area contributed by atoms with Gasteiger partial charge in [0, 0.05) is 55.9 Å². The van der Waals surface area contributed by atoms with Crippen molar-refractivity contribution in [1.82, 2.24) is 0 Å². The molecule has 0 aromatic heterocycles. The van der Waals surface area contributed by atoms with Gasteiger partial charge in [-0.25, -0.2) is 0 Å². The molecule has 0 N–H and O–H groups in total. The van der Waals surface area contributed by atoms with Crippen molar-refractivity contribution in [1.29, 1.82) is 0 Å². The summed E-state index contributed by atoms with van der Waals surface area (Å²) >= 11 is 3.81. The summed E-state index contributed by atoms with van der Waals surface area (Å²) in [6, 6.07) is 27.5. The predicted molar refractivity (Wildman–Crippen MR) is 232 cm³/mol. The number of rotatable bonds is 14. The Morgan fingerprint density at radius 1 is 0.444 bits per heavy atom. The Kier molecular flexibility index (Phi) is 14.5. The molecular formula is C48H62N2O2S2.